The minimum Gasteiger partial charge on any atom is -0.496 e. The van der Waals surface area contributed by atoms with Crippen LogP contribution in [0.4, 0.5) is 0 Å². The van der Waals surface area contributed by atoms with Gasteiger partial charge in [-0.15, -0.1) is 0 Å². The zero-order valence-electron chi connectivity index (χ0n) is 12.1. The van der Waals surface area contributed by atoms with Crippen molar-refractivity contribution in [3.8, 4) is 11.8 Å². The summed E-state index contributed by atoms with van der Waals surface area (Å²) in [5, 5.41) is 8.52. The summed E-state index contributed by atoms with van der Waals surface area (Å²) in [6.45, 7) is 6.33. The summed E-state index contributed by atoms with van der Waals surface area (Å²) in [7, 11) is 1.57. The Bertz CT molecular complexity index is 492. The Morgan fingerprint density at radius 1 is 1.37 bits per heavy atom. The number of carbonyl (C=O) groups is 1. The number of rotatable bonds is 5. The molecule has 0 amide bonds. The average molecular weight is 259 g/mol. The zero-order chi connectivity index (χ0) is 14.5. The first-order chi connectivity index (χ1) is 8.90. The number of unbranched alkanes of at least 4 members (excludes halogenated alkanes) is 1. The number of nitrogens with zero attached hydrogens (tertiary/aromatic N) is 1. The van der Waals surface area contributed by atoms with Crippen LogP contribution in [0.1, 0.15) is 56.0 Å². The van der Waals surface area contributed by atoms with Gasteiger partial charge in [-0.1, -0.05) is 26.8 Å². The number of ketones is 1. The molecule has 0 aliphatic carbocycles. The van der Waals surface area contributed by atoms with E-state index in [1.807, 2.05) is 18.2 Å². The van der Waals surface area contributed by atoms with Crippen LogP contribution in [0.3, 0.4) is 0 Å². The van der Waals surface area contributed by atoms with Gasteiger partial charge in [0.25, 0.3) is 0 Å². The van der Waals surface area contributed by atoms with Gasteiger partial charge in [-0.2, -0.15) is 5.26 Å². The topological polar surface area (TPSA) is 50.1 Å². The van der Waals surface area contributed by atoms with E-state index < -0.39 is 0 Å². The van der Waals surface area contributed by atoms with Gasteiger partial charge in [0.05, 0.1) is 18.7 Å². The van der Waals surface area contributed by atoms with E-state index in [1.165, 1.54) is 0 Å². The summed E-state index contributed by atoms with van der Waals surface area (Å²) in [5.41, 5.74) is 1.72. The average Bonchev–Trinajstić information content (AvgIpc) is 2.37. The molecular formula is C16H21NO2. The minimum absolute atomic E-state index is 0.00600. The van der Waals surface area contributed by atoms with Crippen LogP contribution in [0.15, 0.2) is 18.2 Å². The Labute approximate surface area is 115 Å². The van der Waals surface area contributed by atoms with Crippen molar-refractivity contribution in [2.45, 2.75) is 45.4 Å². The SMILES string of the molecule is COc1ccc(C(C)(C)C)cc1C(=O)CCCC#N. The largest absolute Gasteiger partial charge is 0.496 e. The molecule has 0 saturated heterocycles. The molecule has 0 bridgehead atoms. The number of hydrogen-bond donors (Lipinski definition) is 0. The first kappa shape index (κ1) is 15.2. The maximum atomic E-state index is 12.2. The van der Waals surface area contributed by atoms with Crippen LogP contribution in [0.25, 0.3) is 0 Å². The lowest BCUT2D eigenvalue weighted by Crippen LogP contribution is -2.13. The molecular weight excluding hydrogens is 238 g/mol. The fourth-order valence-corrected chi connectivity index (χ4v) is 1.86. The van der Waals surface area contributed by atoms with Crippen LogP contribution in [-0.4, -0.2) is 12.9 Å². The fourth-order valence-electron chi connectivity index (χ4n) is 1.86. The predicted octanol–water partition coefficient (Wildman–Crippen LogP) is 3.87. The van der Waals surface area contributed by atoms with Crippen molar-refractivity contribution in [2.75, 3.05) is 7.11 Å². The monoisotopic (exact) mass is 259 g/mol. The van der Waals surface area contributed by atoms with Gasteiger partial charge in [0.2, 0.25) is 0 Å². The van der Waals surface area contributed by atoms with E-state index in [2.05, 4.69) is 26.8 Å². The molecule has 1 aromatic rings. The summed E-state index contributed by atoms with van der Waals surface area (Å²) in [6.07, 6.45) is 1.39. The van der Waals surface area contributed by atoms with Gasteiger partial charge in [0, 0.05) is 12.8 Å². The third-order valence-electron chi connectivity index (χ3n) is 3.06. The molecule has 102 valence electrons. The predicted molar refractivity (Wildman–Crippen MR) is 75.5 cm³/mol. The molecule has 0 spiro atoms. The number of Topliss-reactive ketones (excluding diaryl/α,β-unsaturated/α-hetero) is 1. The van der Waals surface area contributed by atoms with Crippen LogP contribution in [0, 0.1) is 11.3 Å². The molecule has 1 rings (SSSR count). The maximum Gasteiger partial charge on any atom is 0.166 e. The summed E-state index contributed by atoms with van der Waals surface area (Å²) in [6, 6.07) is 7.80. The summed E-state index contributed by atoms with van der Waals surface area (Å²) in [4.78, 5) is 12.2. The normalized spacial score (nSPS) is 10.9. The van der Waals surface area contributed by atoms with Crippen molar-refractivity contribution in [3.63, 3.8) is 0 Å². The van der Waals surface area contributed by atoms with Crippen LogP contribution < -0.4 is 4.74 Å². The maximum absolute atomic E-state index is 12.2. The Balaban J connectivity index is 3.03. The van der Waals surface area contributed by atoms with Gasteiger partial charge in [0.1, 0.15) is 5.75 Å². The zero-order valence-corrected chi connectivity index (χ0v) is 12.1. The highest BCUT2D eigenvalue weighted by Gasteiger charge is 2.18. The number of hydrogen-bond acceptors (Lipinski definition) is 3. The first-order valence-electron chi connectivity index (χ1n) is 6.49. The highest BCUT2D eigenvalue weighted by molar-refractivity contribution is 5.98. The van der Waals surface area contributed by atoms with Gasteiger partial charge in [-0.25, -0.2) is 0 Å². The molecule has 1 aromatic carbocycles. The standard InChI is InChI=1S/C16H21NO2/c1-16(2,3)12-8-9-15(19-4)13(11-12)14(18)7-5-6-10-17/h8-9,11H,5-7H2,1-4H3. The lowest BCUT2D eigenvalue weighted by atomic mass is 9.85. The quantitative estimate of drug-likeness (QED) is 0.595. The van der Waals surface area contributed by atoms with E-state index in [9.17, 15) is 4.79 Å². The van der Waals surface area contributed by atoms with Gasteiger partial charge in [0.15, 0.2) is 5.78 Å². The lowest BCUT2D eigenvalue weighted by Gasteiger charge is -2.20. The number of benzene rings is 1. The van der Waals surface area contributed by atoms with Crippen LogP contribution in [0.2, 0.25) is 0 Å². The molecule has 0 aliphatic rings. The Kier molecular flexibility index (Phi) is 5.11. The molecule has 0 aromatic heterocycles. The number of nitriles is 1. The van der Waals surface area contributed by atoms with E-state index >= 15 is 0 Å². The third-order valence-corrected chi connectivity index (χ3v) is 3.06. The van der Waals surface area contributed by atoms with E-state index in [1.54, 1.807) is 7.11 Å². The highest BCUT2D eigenvalue weighted by atomic mass is 16.5. The van der Waals surface area contributed by atoms with Gasteiger partial charge >= 0.3 is 0 Å². The number of ether oxygens (including phenoxy) is 1. The number of methoxy groups -OCH3 is 1. The summed E-state index contributed by atoms with van der Waals surface area (Å²) in [5.74, 6) is 0.646. The second-order valence-electron chi connectivity index (χ2n) is 5.60. The molecule has 3 heteroatoms. The van der Waals surface area contributed by atoms with Crippen molar-refractivity contribution in [1.82, 2.24) is 0 Å². The van der Waals surface area contributed by atoms with Gasteiger partial charge in [-0.3, -0.25) is 4.79 Å². The molecule has 0 fully saturated rings. The molecule has 0 radical (unpaired) electrons. The van der Waals surface area contributed by atoms with Crippen LogP contribution >= 0.6 is 0 Å². The third kappa shape index (κ3) is 4.10. The number of carbonyl (C=O) groups excluding carboxylic acids is 1. The van der Waals surface area contributed by atoms with Gasteiger partial charge in [-0.05, 0) is 29.5 Å². The molecule has 0 N–H and O–H groups in total. The van der Waals surface area contributed by atoms with Crippen molar-refractivity contribution in [1.29, 1.82) is 5.26 Å². The van der Waals surface area contributed by atoms with E-state index in [0.717, 1.165) is 5.56 Å². The smallest absolute Gasteiger partial charge is 0.166 e. The first-order valence-corrected chi connectivity index (χ1v) is 6.49. The van der Waals surface area contributed by atoms with E-state index in [-0.39, 0.29) is 11.2 Å². The van der Waals surface area contributed by atoms with E-state index in [0.29, 0.717) is 30.6 Å². The summed E-state index contributed by atoms with van der Waals surface area (Å²) < 4.78 is 5.25. The molecule has 0 atom stereocenters. The second-order valence-corrected chi connectivity index (χ2v) is 5.60. The van der Waals surface area contributed by atoms with Crippen molar-refractivity contribution in [2.24, 2.45) is 0 Å². The Morgan fingerprint density at radius 3 is 2.58 bits per heavy atom. The Hall–Kier alpha value is -1.82. The van der Waals surface area contributed by atoms with Crippen molar-refractivity contribution in [3.05, 3.63) is 29.3 Å². The molecule has 0 heterocycles. The fraction of sp³-hybridized carbons (Fsp3) is 0.500. The minimum atomic E-state index is -0.00600. The molecule has 0 aliphatic heterocycles. The molecule has 0 saturated carbocycles. The lowest BCUT2D eigenvalue weighted by molar-refractivity contribution is 0.0977. The van der Waals surface area contributed by atoms with Gasteiger partial charge < -0.3 is 4.74 Å². The summed E-state index contributed by atoms with van der Waals surface area (Å²) >= 11 is 0. The molecule has 19 heavy (non-hydrogen) atoms. The molecule has 0 unspecified atom stereocenters. The molecule has 3 nitrogen and oxygen atoms in total. The Morgan fingerprint density at radius 2 is 2.05 bits per heavy atom. The second kappa shape index (κ2) is 6.38. The van der Waals surface area contributed by atoms with Crippen molar-refractivity contribution >= 4 is 5.78 Å². The van der Waals surface area contributed by atoms with Crippen LogP contribution in [0.5, 0.6) is 5.75 Å². The highest BCUT2D eigenvalue weighted by Crippen LogP contribution is 2.29. The van der Waals surface area contributed by atoms with E-state index in [4.69, 9.17) is 10.00 Å². The van der Waals surface area contributed by atoms with Crippen LogP contribution in [-0.2, 0) is 5.41 Å². The van der Waals surface area contributed by atoms with Crippen molar-refractivity contribution < 1.29 is 9.53 Å².